The van der Waals surface area contributed by atoms with E-state index in [4.69, 9.17) is 9.47 Å². The minimum absolute atomic E-state index is 0.0576. The number of ketones is 1. The maximum atomic E-state index is 11.7. The number of hydrogen-bond donors (Lipinski definition) is 0. The molecule has 5 heteroatoms. The number of thiophene rings is 1. The molecule has 1 fully saturated rings. The van der Waals surface area contributed by atoms with Gasteiger partial charge in [0.25, 0.3) is 0 Å². The van der Waals surface area contributed by atoms with E-state index in [2.05, 4.69) is 15.9 Å². The van der Waals surface area contributed by atoms with Crippen LogP contribution in [-0.2, 0) is 9.47 Å². The van der Waals surface area contributed by atoms with Gasteiger partial charge in [-0.25, -0.2) is 0 Å². The van der Waals surface area contributed by atoms with Crippen molar-refractivity contribution in [3.8, 4) is 0 Å². The Morgan fingerprint density at radius 1 is 1.50 bits per heavy atom. The van der Waals surface area contributed by atoms with Crippen molar-refractivity contribution >= 4 is 33.0 Å². The van der Waals surface area contributed by atoms with Gasteiger partial charge < -0.3 is 9.47 Å². The predicted octanol–water partition coefficient (Wildman–Crippen LogP) is 2.89. The standard InChI is InChI=1S/C11H13BrO3S/c12-11-2-1-10(16-11)9(13)7-15-8-3-5-14-6-4-8/h1-2,8H,3-7H2. The topological polar surface area (TPSA) is 35.5 Å². The summed E-state index contributed by atoms with van der Waals surface area (Å²) in [6, 6.07) is 3.71. The van der Waals surface area contributed by atoms with Gasteiger partial charge in [-0.05, 0) is 40.9 Å². The molecule has 0 atom stereocenters. The molecule has 0 N–H and O–H groups in total. The lowest BCUT2D eigenvalue weighted by atomic mass is 10.1. The van der Waals surface area contributed by atoms with Crippen LogP contribution in [0.25, 0.3) is 0 Å². The van der Waals surface area contributed by atoms with Crippen LogP contribution in [0.15, 0.2) is 15.9 Å². The molecule has 2 heterocycles. The second-order valence-corrected chi connectivity index (χ2v) is 6.11. The van der Waals surface area contributed by atoms with Crippen LogP contribution >= 0.6 is 27.3 Å². The number of carbonyl (C=O) groups excluding carboxylic acids is 1. The Hall–Kier alpha value is -0.230. The molecule has 0 spiro atoms. The first-order valence-corrected chi connectivity index (χ1v) is 6.84. The number of halogens is 1. The van der Waals surface area contributed by atoms with Gasteiger partial charge in [0.05, 0.1) is 14.8 Å². The molecule has 0 amide bonds. The van der Waals surface area contributed by atoms with Gasteiger partial charge in [-0.1, -0.05) is 0 Å². The van der Waals surface area contributed by atoms with Gasteiger partial charge in [-0.15, -0.1) is 11.3 Å². The molecular formula is C11H13BrO3S. The molecule has 2 rings (SSSR count). The van der Waals surface area contributed by atoms with E-state index in [9.17, 15) is 4.79 Å². The summed E-state index contributed by atoms with van der Waals surface area (Å²) >= 11 is 4.78. The zero-order valence-electron chi connectivity index (χ0n) is 8.78. The van der Waals surface area contributed by atoms with Crippen LogP contribution in [0.5, 0.6) is 0 Å². The Morgan fingerprint density at radius 3 is 2.88 bits per heavy atom. The fraction of sp³-hybridized carbons (Fsp3) is 0.545. The van der Waals surface area contributed by atoms with E-state index in [0.717, 1.165) is 34.7 Å². The lowest BCUT2D eigenvalue weighted by Crippen LogP contribution is -2.25. The largest absolute Gasteiger partial charge is 0.381 e. The highest BCUT2D eigenvalue weighted by Crippen LogP contribution is 2.22. The number of Topliss-reactive ketones (excluding diaryl/α,β-unsaturated/α-hetero) is 1. The number of hydrogen-bond acceptors (Lipinski definition) is 4. The Balaban J connectivity index is 1.79. The summed E-state index contributed by atoms with van der Waals surface area (Å²) in [4.78, 5) is 12.5. The highest BCUT2D eigenvalue weighted by molar-refractivity contribution is 9.11. The number of rotatable bonds is 4. The van der Waals surface area contributed by atoms with Gasteiger partial charge in [0, 0.05) is 13.2 Å². The monoisotopic (exact) mass is 304 g/mol. The molecule has 0 bridgehead atoms. The van der Waals surface area contributed by atoms with Crippen LogP contribution in [0.3, 0.4) is 0 Å². The van der Waals surface area contributed by atoms with Gasteiger partial charge in [-0.2, -0.15) is 0 Å². The van der Waals surface area contributed by atoms with Gasteiger partial charge >= 0.3 is 0 Å². The fourth-order valence-corrected chi connectivity index (χ4v) is 2.88. The maximum absolute atomic E-state index is 11.7. The zero-order chi connectivity index (χ0) is 11.4. The first-order valence-electron chi connectivity index (χ1n) is 5.23. The van der Waals surface area contributed by atoms with Gasteiger partial charge in [0.1, 0.15) is 6.61 Å². The normalized spacial score (nSPS) is 17.6. The summed E-state index contributed by atoms with van der Waals surface area (Å²) in [6.07, 6.45) is 1.96. The van der Waals surface area contributed by atoms with Crippen molar-refractivity contribution < 1.29 is 14.3 Å². The lowest BCUT2D eigenvalue weighted by Gasteiger charge is -2.21. The van der Waals surface area contributed by atoms with Crippen molar-refractivity contribution in [1.29, 1.82) is 0 Å². The zero-order valence-corrected chi connectivity index (χ0v) is 11.2. The summed E-state index contributed by atoms with van der Waals surface area (Å²) in [5.41, 5.74) is 0. The molecule has 0 radical (unpaired) electrons. The van der Waals surface area contributed by atoms with Crippen LogP contribution in [0.1, 0.15) is 22.5 Å². The fourth-order valence-electron chi connectivity index (χ4n) is 1.57. The SMILES string of the molecule is O=C(COC1CCOCC1)c1ccc(Br)s1. The summed E-state index contributed by atoms with van der Waals surface area (Å²) in [5.74, 6) is 0.0576. The van der Waals surface area contributed by atoms with E-state index in [0.29, 0.717) is 0 Å². The highest BCUT2D eigenvalue weighted by Gasteiger charge is 2.16. The summed E-state index contributed by atoms with van der Waals surface area (Å²) in [6.45, 7) is 1.66. The van der Waals surface area contributed by atoms with Gasteiger partial charge in [-0.3, -0.25) is 4.79 Å². The number of ether oxygens (including phenoxy) is 2. The Kier molecular flexibility index (Phi) is 4.52. The minimum atomic E-state index is 0.0576. The maximum Gasteiger partial charge on any atom is 0.198 e. The van der Waals surface area contributed by atoms with E-state index in [1.54, 1.807) is 0 Å². The van der Waals surface area contributed by atoms with Crippen molar-refractivity contribution in [3.63, 3.8) is 0 Å². The average molecular weight is 305 g/mol. The molecule has 0 aliphatic carbocycles. The first kappa shape index (κ1) is 12.2. The minimum Gasteiger partial charge on any atom is -0.381 e. The third-order valence-electron chi connectivity index (χ3n) is 2.47. The quantitative estimate of drug-likeness (QED) is 0.802. The molecule has 88 valence electrons. The van der Waals surface area contributed by atoms with Gasteiger partial charge in [0.2, 0.25) is 0 Å². The van der Waals surface area contributed by atoms with E-state index >= 15 is 0 Å². The van der Waals surface area contributed by atoms with Crippen LogP contribution < -0.4 is 0 Å². The van der Waals surface area contributed by atoms with Crippen molar-refractivity contribution in [2.45, 2.75) is 18.9 Å². The van der Waals surface area contributed by atoms with Crippen LogP contribution in [0.4, 0.5) is 0 Å². The smallest absolute Gasteiger partial charge is 0.198 e. The van der Waals surface area contributed by atoms with Crippen molar-refractivity contribution in [2.24, 2.45) is 0 Å². The van der Waals surface area contributed by atoms with Crippen molar-refractivity contribution in [2.75, 3.05) is 19.8 Å². The number of carbonyl (C=O) groups is 1. The molecule has 1 aliphatic heterocycles. The van der Waals surface area contributed by atoms with Crippen molar-refractivity contribution in [3.05, 3.63) is 20.8 Å². The molecule has 1 aliphatic rings. The third kappa shape index (κ3) is 3.38. The Bertz CT molecular complexity index is 358. The molecule has 3 nitrogen and oxygen atoms in total. The summed E-state index contributed by atoms with van der Waals surface area (Å²) < 4.78 is 11.8. The van der Waals surface area contributed by atoms with Gasteiger partial charge in [0.15, 0.2) is 5.78 Å². The van der Waals surface area contributed by atoms with E-state index in [1.165, 1.54) is 11.3 Å². The molecule has 0 unspecified atom stereocenters. The highest BCUT2D eigenvalue weighted by atomic mass is 79.9. The Labute approximate surface area is 107 Å². The predicted molar refractivity (Wildman–Crippen MR) is 66.1 cm³/mol. The molecule has 0 saturated carbocycles. The van der Waals surface area contributed by atoms with E-state index in [1.807, 2.05) is 12.1 Å². The van der Waals surface area contributed by atoms with E-state index in [-0.39, 0.29) is 18.5 Å². The second kappa shape index (κ2) is 5.91. The summed E-state index contributed by atoms with van der Waals surface area (Å²) in [7, 11) is 0. The lowest BCUT2D eigenvalue weighted by molar-refractivity contribution is -0.0261. The van der Waals surface area contributed by atoms with Crippen molar-refractivity contribution in [1.82, 2.24) is 0 Å². The van der Waals surface area contributed by atoms with Crippen LogP contribution in [0, 0.1) is 0 Å². The first-order chi connectivity index (χ1) is 7.75. The molecule has 1 saturated heterocycles. The molecule has 1 aromatic heterocycles. The molecule has 0 aromatic carbocycles. The Morgan fingerprint density at radius 2 is 2.25 bits per heavy atom. The van der Waals surface area contributed by atoms with E-state index < -0.39 is 0 Å². The molecule has 16 heavy (non-hydrogen) atoms. The van der Waals surface area contributed by atoms with Crippen LogP contribution in [0.2, 0.25) is 0 Å². The molecule has 1 aromatic rings. The molecular weight excluding hydrogens is 292 g/mol. The third-order valence-corrected chi connectivity index (χ3v) is 4.13. The van der Waals surface area contributed by atoms with Crippen LogP contribution in [-0.4, -0.2) is 31.7 Å². The summed E-state index contributed by atoms with van der Waals surface area (Å²) in [5, 5.41) is 0. The second-order valence-electron chi connectivity index (χ2n) is 3.65. The average Bonchev–Trinajstić information content (AvgIpc) is 2.74.